The third kappa shape index (κ3) is 4.63. The van der Waals surface area contributed by atoms with E-state index in [1.54, 1.807) is 28.8 Å². The Bertz CT molecular complexity index is 968. The lowest BCUT2D eigenvalue weighted by Gasteiger charge is -2.05. The second-order valence-electron chi connectivity index (χ2n) is 5.68. The molecule has 0 saturated heterocycles. The number of carbonyl (C=O) groups excluding carboxylic acids is 1. The molecule has 3 rings (SSSR count). The van der Waals surface area contributed by atoms with Gasteiger partial charge in [0.25, 0.3) is 0 Å². The Balaban J connectivity index is 1.54. The van der Waals surface area contributed by atoms with Gasteiger partial charge in [0.1, 0.15) is 5.75 Å². The van der Waals surface area contributed by atoms with Gasteiger partial charge in [-0.05, 0) is 30.5 Å². The number of benzene rings is 1. The molecule has 0 aliphatic heterocycles. The van der Waals surface area contributed by atoms with Crippen molar-refractivity contribution in [3.05, 3.63) is 60.3 Å². The van der Waals surface area contributed by atoms with Gasteiger partial charge in [0.2, 0.25) is 11.9 Å². The van der Waals surface area contributed by atoms with E-state index >= 15 is 0 Å². The largest absolute Gasteiger partial charge is 0.293 e. The highest BCUT2D eigenvalue weighted by Gasteiger charge is 2.18. The maximum Gasteiger partial charge on any atom is 0.241 e. The molecule has 2 heterocycles. The number of aryl methyl sites for hydroxylation is 1. The maximum absolute atomic E-state index is 12.1. The summed E-state index contributed by atoms with van der Waals surface area (Å²) >= 11 is 0. The van der Waals surface area contributed by atoms with E-state index in [-0.39, 0.29) is 11.7 Å². The predicted molar refractivity (Wildman–Crippen MR) is 95.0 cm³/mol. The molecule has 0 unspecified atom stereocenters. The van der Waals surface area contributed by atoms with Gasteiger partial charge < -0.3 is 0 Å². The zero-order chi connectivity index (χ0) is 17.7. The highest BCUT2D eigenvalue weighted by atomic mass is 32.2. The number of rotatable bonds is 7. The summed E-state index contributed by atoms with van der Waals surface area (Å²) in [5.41, 5.74) is 1.65. The van der Waals surface area contributed by atoms with Crippen molar-refractivity contribution in [3.8, 4) is 0 Å². The Hall–Kier alpha value is -2.74. The van der Waals surface area contributed by atoms with Crippen LogP contribution in [0.3, 0.4) is 0 Å². The summed E-state index contributed by atoms with van der Waals surface area (Å²) < 4.78 is 25.8. The zero-order valence-electron chi connectivity index (χ0n) is 13.5. The van der Waals surface area contributed by atoms with Crippen LogP contribution >= 0.6 is 0 Å². The average Bonchev–Trinajstić information content (AvgIpc) is 2.98. The van der Waals surface area contributed by atoms with Crippen LogP contribution in [-0.4, -0.2) is 40.4 Å². The fourth-order valence-electron chi connectivity index (χ4n) is 2.50. The van der Waals surface area contributed by atoms with Gasteiger partial charge in [0, 0.05) is 6.20 Å². The first-order valence-electron chi connectivity index (χ1n) is 7.87. The van der Waals surface area contributed by atoms with Crippen molar-refractivity contribution in [3.63, 3.8) is 0 Å². The van der Waals surface area contributed by atoms with Crippen molar-refractivity contribution in [1.82, 2.24) is 14.6 Å². The van der Waals surface area contributed by atoms with E-state index in [0.717, 1.165) is 5.56 Å². The molecular weight excluding hydrogens is 340 g/mol. The molecule has 1 N–H and O–H groups in total. The van der Waals surface area contributed by atoms with Crippen LogP contribution in [0.2, 0.25) is 0 Å². The summed E-state index contributed by atoms with van der Waals surface area (Å²) in [7, 11) is -3.48. The van der Waals surface area contributed by atoms with Crippen LogP contribution in [0.25, 0.3) is 5.65 Å². The van der Waals surface area contributed by atoms with E-state index in [9.17, 15) is 13.2 Å². The molecule has 0 bridgehead atoms. The van der Waals surface area contributed by atoms with Crippen LogP contribution in [0, 0.1) is 0 Å². The summed E-state index contributed by atoms with van der Waals surface area (Å²) in [6.45, 7) is 0. The van der Waals surface area contributed by atoms with E-state index in [0.29, 0.717) is 18.5 Å². The fourth-order valence-corrected chi connectivity index (χ4v) is 3.70. The van der Waals surface area contributed by atoms with Gasteiger partial charge >= 0.3 is 0 Å². The van der Waals surface area contributed by atoms with E-state index in [1.807, 2.05) is 30.3 Å². The molecule has 0 aliphatic rings. The number of aromatic nitrogens is 3. The van der Waals surface area contributed by atoms with Gasteiger partial charge in [-0.3, -0.25) is 14.5 Å². The van der Waals surface area contributed by atoms with Crippen molar-refractivity contribution in [2.24, 2.45) is 0 Å². The molecule has 0 radical (unpaired) electrons. The van der Waals surface area contributed by atoms with Crippen molar-refractivity contribution in [2.75, 3.05) is 16.8 Å². The first-order valence-corrected chi connectivity index (χ1v) is 9.70. The zero-order valence-corrected chi connectivity index (χ0v) is 14.3. The van der Waals surface area contributed by atoms with Crippen LogP contribution < -0.4 is 5.32 Å². The number of fused-ring (bicyclic) bond motifs is 1. The molecule has 7 nitrogen and oxygen atoms in total. The van der Waals surface area contributed by atoms with E-state index in [1.165, 1.54) is 0 Å². The van der Waals surface area contributed by atoms with Gasteiger partial charge in [0.05, 0.1) is 5.75 Å². The average molecular weight is 358 g/mol. The minimum atomic E-state index is -3.48. The van der Waals surface area contributed by atoms with Crippen LogP contribution in [0.4, 0.5) is 5.95 Å². The smallest absolute Gasteiger partial charge is 0.241 e. The van der Waals surface area contributed by atoms with Gasteiger partial charge in [-0.15, -0.1) is 10.2 Å². The normalized spacial score (nSPS) is 11.5. The van der Waals surface area contributed by atoms with Gasteiger partial charge in [-0.1, -0.05) is 36.4 Å². The lowest BCUT2D eigenvalue weighted by molar-refractivity contribution is -0.113. The van der Waals surface area contributed by atoms with Crippen molar-refractivity contribution in [1.29, 1.82) is 0 Å². The molecule has 0 atom stereocenters. The second kappa shape index (κ2) is 7.43. The van der Waals surface area contributed by atoms with Crippen LogP contribution in [-0.2, 0) is 21.1 Å². The van der Waals surface area contributed by atoms with Crippen molar-refractivity contribution >= 4 is 27.3 Å². The minimum absolute atomic E-state index is 0.0318. The number of nitrogens with one attached hydrogen (secondary N) is 1. The first kappa shape index (κ1) is 17.1. The molecule has 130 valence electrons. The number of anilines is 1. The number of sulfone groups is 1. The molecule has 0 fully saturated rings. The Labute approximate surface area is 145 Å². The molecule has 0 saturated carbocycles. The third-order valence-electron chi connectivity index (χ3n) is 3.68. The SMILES string of the molecule is O=C(CS(=O)(=O)CCCc1ccccc1)Nc1nnc2ccccn12. The lowest BCUT2D eigenvalue weighted by Crippen LogP contribution is -2.25. The van der Waals surface area contributed by atoms with E-state index < -0.39 is 21.5 Å². The minimum Gasteiger partial charge on any atom is -0.293 e. The number of pyridine rings is 1. The number of nitrogens with zero attached hydrogens (tertiary/aromatic N) is 3. The molecule has 3 aromatic rings. The van der Waals surface area contributed by atoms with Crippen LogP contribution in [0.1, 0.15) is 12.0 Å². The highest BCUT2D eigenvalue weighted by Crippen LogP contribution is 2.08. The van der Waals surface area contributed by atoms with E-state index in [4.69, 9.17) is 0 Å². The van der Waals surface area contributed by atoms with Gasteiger partial charge in [-0.2, -0.15) is 0 Å². The Morgan fingerprint density at radius 1 is 1.04 bits per heavy atom. The topological polar surface area (TPSA) is 93.4 Å². The highest BCUT2D eigenvalue weighted by molar-refractivity contribution is 7.92. The van der Waals surface area contributed by atoms with Crippen LogP contribution in [0.15, 0.2) is 54.7 Å². The fraction of sp³-hybridized carbons (Fsp3) is 0.235. The number of hydrogen-bond acceptors (Lipinski definition) is 5. The Kier molecular flexibility index (Phi) is 5.08. The maximum atomic E-state index is 12.1. The molecule has 25 heavy (non-hydrogen) atoms. The molecule has 8 heteroatoms. The summed E-state index contributed by atoms with van der Waals surface area (Å²) in [6, 6.07) is 15.0. The number of hydrogen-bond donors (Lipinski definition) is 1. The third-order valence-corrected chi connectivity index (χ3v) is 5.29. The molecule has 1 aromatic carbocycles. The summed E-state index contributed by atoms with van der Waals surface area (Å²) in [6.07, 6.45) is 2.84. The van der Waals surface area contributed by atoms with Gasteiger partial charge in [0.15, 0.2) is 15.5 Å². The van der Waals surface area contributed by atoms with Crippen molar-refractivity contribution in [2.45, 2.75) is 12.8 Å². The quantitative estimate of drug-likeness (QED) is 0.694. The second-order valence-corrected chi connectivity index (χ2v) is 7.87. The Morgan fingerprint density at radius 2 is 1.80 bits per heavy atom. The summed E-state index contributed by atoms with van der Waals surface area (Å²) in [4.78, 5) is 12.0. The molecular formula is C17H18N4O3S. The summed E-state index contributed by atoms with van der Waals surface area (Å²) in [5, 5.41) is 10.3. The monoisotopic (exact) mass is 358 g/mol. The standard InChI is InChI=1S/C17H18N4O3S/c22-16(18-17-20-19-15-10-4-5-11-21(15)17)13-25(23,24)12-6-9-14-7-2-1-3-8-14/h1-5,7-8,10-11H,6,9,12-13H2,(H,18,20,22). The van der Waals surface area contributed by atoms with Crippen molar-refractivity contribution < 1.29 is 13.2 Å². The van der Waals surface area contributed by atoms with E-state index in [2.05, 4.69) is 15.5 Å². The summed E-state index contributed by atoms with van der Waals surface area (Å²) in [5.74, 6) is -1.00. The molecule has 1 amide bonds. The molecule has 0 spiro atoms. The number of amides is 1. The number of carbonyl (C=O) groups is 1. The Morgan fingerprint density at radius 3 is 2.60 bits per heavy atom. The van der Waals surface area contributed by atoms with Crippen LogP contribution in [0.5, 0.6) is 0 Å². The molecule has 2 aromatic heterocycles. The lowest BCUT2D eigenvalue weighted by atomic mass is 10.1. The molecule has 0 aliphatic carbocycles. The predicted octanol–water partition coefficient (Wildman–Crippen LogP) is 1.72. The van der Waals surface area contributed by atoms with Gasteiger partial charge in [-0.25, -0.2) is 8.42 Å². The first-order chi connectivity index (χ1) is 12.0.